The van der Waals surface area contributed by atoms with Crippen molar-refractivity contribution in [3.05, 3.63) is 77.4 Å². The summed E-state index contributed by atoms with van der Waals surface area (Å²) in [6, 6.07) is 11.2. The molecular formula is C25H24N2O6. The Bertz CT molecular complexity index is 1130. The molecule has 170 valence electrons. The lowest BCUT2D eigenvalue weighted by Gasteiger charge is -2.26. The second-order valence-electron chi connectivity index (χ2n) is 7.20. The first kappa shape index (κ1) is 23.5. The number of urea groups is 1. The normalized spacial score (nSPS) is 14.8. The molecule has 0 bridgehead atoms. The smallest absolute Gasteiger partial charge is 0.343 e. The minimum Gasteiger partial charge on any atom is -0.482 e. The van der Waals surface area contributed by atoms with Crippen molar-refractivity contribution < 1.29 is 28.7 Å². The maximum Gasteiger partial charge on any atom is 0.343 e. The molecule has 2 aromatic rings. The van der Waals surface area contributed by atoms with Crippen LogP contribution in [0.2, 0.25) is 0 Å². The molecule has 8 nitrogen and oxygen atoms in total. The molecule has 3 rings (SSSR count). The average Bonchev–Trinajstić information content (AvgIpc) is 2.81. The molecule has 0 unspecified atom stereocenters. The lowest BCUT2D eigenvalue weighted by atomic mass is 10.0. The zero-order valence-corrected chi connectivity index (χ0v) is 18.4. The summed E-state index contributed by atoms with van der Waals surface area (Å²) in [7, 11) is 1.27. The van der Waals surface area contributed by atoms with Crippen LogP contribution >= 0.6 is 0 Å². The lowest BCUT2D eigenvalue weighted by Crippen LogP contribution is -2.54. The van der Waals surface area contributed by atoms with E-state index in [9.17, 15) is 19.2 Å². The van der Waals surface area contributed by atoms with Gasteiger partial charge in [0.2, 0.25) is 0 Å². The van der Waals surface area contributed by atoms with E-state index in [-0.39, 0.29) is 12.2 Å². The summed E-state index contributed by atoms with van der Waals surface area (Å²) >= 11 is 0. The third-order valence-corrected chi connectivity index (χ3v) is 5.04. The fraction of sp³-hybridized carbons (Fsp3) is 0.200. The highest BCUT2D eigenvalue weighted by Gasteiger charge is 2.36. The first-order valence-electron chi connectivity index (χ1n) is 10.3. The number of hydrogen-bond donors (Lipinski definition) is 1. The van der Waals surface area contributed by atoms with Crippen molar-refractivity contribution in [3.63, 3.8) is 0 Å². The van der Waals surface area contributed by atoms with Gasteiger partial charge in [-0.05, 0) is 59.9 Å². The van der Waals surface area contributed by atoms with Crippen LogP contribution in [-0.4, -0.2) is 37.5 Å². The Morgan fingerprint density at radius 3 is 2.48 bits per heavy atom. The summed E-state index contributed by atoms with van der Waals surface area (Å²) in [5, 5.41) is 2.21. The van der Waals surface area contributed by atoms with Crippen LogP contribution in [0.25, 0.3) is 6.08 Å². The third-order valence-electron chi connectivity index (χ3n) is 5.04. The van der Waals surface area contributed by atoms with Gasteiger partial charge in [0, 0.05) is 0 Å². The van der Waals surface area contributed by atoms with Gasteiger partial charge >= 0.3 is 12.0 Å². The Labute approximate surface area is 191 Å². The van der Waals surface area contributed by atoms with E-state index in [2.05, 4.69) is 16.6 Å². The fourth-order valence-electron chi connectivity index (χ4n) is 3.28. The molecule has 0 aromatic heterocycles. The minimum atomic E-state index is -0.801. The number of imide groups is 2. The molecular weight excluding hydrogens is 424 g/mol. The van der Waals surface area contributed by atoms with E-state index in [1.807, 2.05) is 19.1 Å². The van der Waals surface area contributed by atoms with E-state index in [4.69, 9.17) is 4.74 Å². The first-order valence-corrected chi connectivity index (χ1v) is 10.3. The van der Waals surface area contributed by atoms with Gasteiger partial charge in [-0.15, -0.1) is 6.58 Å². The summed E-state index contributed by atoms with van der Waals surface area (Å²) in [4.78, 5) is 50.2. The molecule has 1 aliphatic rings. The van der Waals surface area contributed by atoms with Crippen molar-refractivity contribution in [2.75, 3.05) is 18.6 Å². The Hall–Kier alpha value is -4.20. The zero-order valence-electron chi connectivity index (χ0n) is 18.4. The molecule has 1 fully saturated rings. The van der Waals surface area contributed by atoms with E-state index < -0.39 is 23.8 Å². The van der Waals surface area contributed by atoms with Crippen LogP contribution < -0.4 is 15.0 Å². The molecule has 4 amide bonds. The number of methoxy groups -OCH3 is 1. The molecule has 1 heterocycles. The molecule has 2 aromatic carbocycles. The van der Waals surface area contributed by atoms with Crippen molar-refractivity contribution in [2.24, 2.45) is 0 Å². The topological polar surface area (TPSA) is 102 Å². The van der Waals surface area contributed by atoms with Crippen molar-refractivity contribution >= 4 is 35.6 Å². The van der Waals surface area contributed by atoms with Crippen LogP contribution in [0.1, 0.15) is 23.6 Å². The highest BCUT2D eigenvalue weighted by molar-refractivity contribution is 6.39. The van der Waals surface area contributed by atoms with Gasteiger partial charge in [0.05, 0.1) is 12.8 Å². The molecule has 0 spiro atoms. The van der Waals surface area contributed by atoms with Gasteiger partial charge < -0.3 is 9.47 Å². The van der Waals surface area contributed by atoms with E-state index in [0.29, 0.717) is 29.0 Å². The van der Waals surface area contributed by atoms with E-state index in [1.165, 1.54) is 13.2 Å². The highest BCUT2D eigenvalue weighted by Crippen LogP contribution is 2.25. The molecule has 0 saturated carbocycles. The van der Waals surface area contributed by atoms with Crippen LogP contribution in [-0.2, 0) is 32.0 Å². The van der Waals surface area contributed by atoms with Gasteiger partial charge in [-0.25, -0.2) is 14.5 Å². The Morgan fingerprint density at radius 1 is 1.12 bits per heavy atom. The maximum atomic E-state index is 13.1. The number of allylic oxidation sites excluding steroid dienone is 1. The molecule has 1 saturated heterocycles. The Balaban J connectivity index is 1.92. The largest absolute Gasteiger partial charge is 0.482 e. The predicted molar refractivity (Wildman–Crippen MR) is 123 cm³/mol. The molecule has 0 atom stereocenters. The SMILES string of the molecule is C=CCc1cc(/C=C2/C(=O)NC(=O)N(c3ccc(CC)cc3)C2=O)ccc1OCC(=O)OC. The summed E-state index contributed by atoms with van der Waals surface area (Å²) in [6.45, 7) is 5.46. The first-order chi connectivity index (χ1) is 15.9. The number of carbonyl (C=O) groups excluding carboxylic acids is 4. The number of anilines is 1. The number of rotatable bonds is 8. The van der Waals surface area contributed by atoms with E-state index in [0.717, 1.165) is 16.9 Å². The van der Waals surface area contributed by atoms with Gasteiger partial charge in [-0.2, -0.15) is 0 Å². The number of carbonyl (C=O) groups is 4. The maximum absolute atomic E-state index is 13.1. The number of benzene rings is 2. The highest BCUT2D eigenvalue weighted by atomic mass is 16.6. The minimum absolute atomic E-state index is 0.179. The Morgan fingerprint density at radius 2 is 1.85 bits per heavy atom. The van der Waals surface area contributed by atoms with Crippen LogP contribution in [0.5, 0.6) is 5.75 Å². The Kier molecular flexibility index (Phi) is 7.40. The predicted octanol–water partition coefficient (Wildman–Crippen LogP) is 3.20. The fourth-order valence-corrected chi connectivity index (χ4v) is 3.28. The van der Waals surface area contributed by atoms with Gasteiger partial charge in [-0.3, -0.25) is 14.9 Å². The molecule has 1 N–H and O–H groups in total. The summed E-state index contributed by atoms with van der Waals surface area (Å²) < 4.78 is 10.1. The second-order valence-corrected chi connectivity index (χ2v) is 7.20. The summed E-state index contributed by atoms with van der Waals surface area (Å²) in [5.41, 5.74) is 2.50. The number of aryl methyl sites for hydroxylation is 1. The van der Waals surface area contributed by atoms with Crippen LogP contribution in [0, 0.1) is 0 Å². The lowest BCUT2D eigenvalue weighted by molar-refractivity contribution is -0.143. The van der Waals surface area contributed by atoms with E-state index >= 15 is 0 Å². The number of esters is 1. The monoisotopic (exact) mass is 448 g/mol. The quantitative estimate of drug-likeness (QED) is 0.288. The molecule has 0 aliphatic carbocycles. The number of barbiturate groups is 1. The van der Waals surface area contributed by atoms with Crippen molar-refractivity contribution in [1.82, 2.24) is 5.32 Å². The number of nitrogens with zero attached hydrogens (tertiary/aromatic N) is 1. The van der Waals surface area contributed by atoms with Gasteiger partial charge in [0.15, 0.2) is 6.61 Å². The number of hydrogen-bond acceptors (Lipinski definition) is 6. The second kappa shape index (κ2) is 10.4. The van der Waals surface area contributed by atoms with Gasteiger partial charge in [0.1, 0.15) is 11.3 Å². The van der Waals surface area contributed by atoms with Crippen LogP contribution in [0.15, 0.2) is 60.7 Å². The molecule has 8 heteroatoms. The van der Waals surface area contributed by atoms with Gasteiger partial charge in [-0.1, -0.05) is 31.2 Å². The molecule has 1 aliphatic heterocycles. The third kappa shape index (κ3) is 5.35. The average molecular weight is 448 g/mol. The summed E-state index contributed by atoms with van der Waals surface area (Å²) in [6.07, 6.45) is 4.32. The summed E-state index contributed by atoms with van der Waals surface area (Å²) in [5.74, 6) is -1.56. The van der Waals surface area contributed by atoms with Crippen molar-refractivity contribution in [1.29, 1.82) is 0 Å². The van der Waals surface area contributed by atoms with Gasteiger partial charge in [0.25, 0.3) is 11.8 Å². The number of amides is 4. The standard InChI is InChI=1S/C25H24N2O6/c1-4-6-18-13-17(9-12-21(18)33-15-22(28)32-3)14-20-23(29)26-25(31)27(24(20)30)19-10-7-16(5-2)8-11-19/h4,7-14H,1,5-6,15H2,2-3H3,(H,26,29,31)/b20-14-. The molecule has 0 radical (unpaired) electrons. The number of ether oxygens (including phenoxy) is 2. The van der Waals surface area contributed by atoms with Crippen molar-refractivity contribution in [3.8, 4) is 5.75 Å². The van der Waals surface area contributed by atoms with E-state index in [1.54, 1.807) is 36.4 Å². The molecule has 33 heavy (non-hydrogen) atoms. The van der Waals surface area contributed by atoms with Crippen molar-refractivity contribution in [2.45, 2.75) is 19.8 Å². The zero-order chi connectivity index (χ0) is 24.0. The van der Waals surface area contributed by atoms with Crippen LogP contribution in [0.4, 0.5) is 10.5 Å². The van der Waals surface area contributed by atoms with Crippen LogP contribution in [0.3, 0.4) is 0 Å². The number of nitrogens with one attached hydrogen (secondary N) is 1.